The van der Waals surface area contributed by atoms with Gasteiger partial charge in [-0.2, -0.15) is 23.3 Å². The lowest BCUT2D eigenvalue weighted by atomic mass is 9.69. The van der Waals surface area contributed by atoms with Gasteiger partial charge in [-0.05, 0) is 49.4 Å². The quantitative estimate of drug-likeness (QED) is 0.538. The second-order valence-corrected chi connectivity index (χ2v) is 11.6. The van der Waals surface area contributed by atoms with E-state index in [2.05, 4.69) is 20.4 Å². The van der Waals surface area contributed by atoms with Crippen molar-refractivity contribution in [1.29, 1.82) is 0 Å². The van der Waals surface area contributed by atoms with Gasteiger partial charge in [0.2, 0.25) is 5.95 Å². The number of nitrogens with zero attached hydrogens (tertiary/aromatic N) is 6. The van der Waals surface area contributed by atoms with Crippen LogP contribution in [0.2, 0.25) is 5.15 Å². The van der Waals surface area contributed by atoms with Crippen LogP contribution in [0.15, 0.2) is 36.1 Å². The number of fused-ring (bicyclic) bond motifs is 3. The highest BCUT2D eigenvalue weighted by Gasteiger charge is 2.45. The van der Waals surface area contributed by atoms with E-state index in [1.54, 1.807) is 12.3 Å². The molecule has 11 heteroatoms. The molecule has 2 fully saturated rings. The van der Waals surface area contributed by atoms with Crippen molar-refractivity contribution in [3.8, 4) is 0 Å². The molecule has 5 atom stereocenters. The Bertz CT molecular complexity index is 1210. The molecule has 1 saturated heterocycles. The molecule has 198 valence electrons. The van der Waals surface area contributed by atoms with E-state index < -0.39 is 17.2 Å². The summed E-state index contributed by atoms with van der Waals surface area (Å²) in [6.45, 7) is 4.45. The lowest BCUT2D eigenvalue weighted by molar-refractivity contribution is -0.0895. The molecule has 7 nitrogen and oxygen atoms in total. The second-order valence-electron chi connectivity index (χ2n) is 11.2. The third-order valence-corrected chi connectivity index (χ3v) is 8.88. The van der Waals surface area contributed by atoms with Gasteiger partial charge >= 0.3 is 6.18 Å². The number of hydrogen-bond acceptors (Lipinski definition) is 6. The van der Waals surface area contributed by atoms with Crippen LogP contribution >= 0.6 is 11.6 Å². The fraction of sp³-hybridized carbons (Fsp3) is 0.615. The molecular formula is C26H31ClF3N7. The highest BCUT2D eigenvalue weighted by Crippen LogP contribution is 2.49. The average Bonchev–Trinajstić information content (AvgIpc) is 3.24. The molecule has 0 amide bonds. The van der Waals surface area contributed by atoms with Crippen molar-refractivity contribution in [3.05, 3.63) is 47.0 Å². The average molecular weight is 534 g/mol. The third-order valence-electron chi connectivity index (χ3n) is 8.69. The maximum atomic E-state index is 13.5. The summed E-state index contributed by atoms with van der Waals surface area (Å²) in [5.41, 5.74) is -0.231. The van der Waals surface area contributed by atoms with Crippen molar-refractivity contribution < 1.29 is 13.2 Å². The number of piperidine rings is 1. The molecule has 1 saturated carbocycles. The van der Waals surface area contributed by atoms with Crippen LogP contribution in [0.3, 0.4) is 0 Å². The first-order valence-corrected chi connectivity index (χ1v) is 13.5. The summed E-state index contributed by atoms with van der Waals surface area (Å²) >= 11 is 6.06. The van der Waals surface area contributed by atoms with Crippen LogP contribution in [0, 0.1) is 17.3 Å². The summed E-state index contributed by atoms with van der Waals surface area (Å²) < 4.78 is 42.6. The van der Waals surface area contributed by atoms with E-state index in [0.29, 0.717) is 29.4 Å². The molecule has 2 aliphatic heterocycles. The molecule has 1 N–H and O–H groups in total. The van der Waals surface area contributed by atoms with Crippen LogP contribution in [-0.4, -0.2) is 50.3 Å². The smallest absolute Gasteiger partial charge is 0.369 e. The number of nitrogens with one attached hydrogen (secondary N) is 1. The minimum Gasteiger partial charge on any atom is -0.369 e. The fourth-order valence-electron chi connectivity index (χ4n) is 6.85. The van der Waals surface area contributed by atoms with Gasteiger partial charge in [0.1, 0.15) is 5.82 Å². The molecule has 2 aromatic heterocycles. The SMILES string of the molecule is CC1([C@H]2CCCCn3nc(N[C@@H]4[C@@H]5CC[C@H]4CN(c4cnnc(Cl)c4)C5)nc32)C=C(C(F)(F)F)C=CC1. The Morgan fingerprint density at radius 1 is 1.14 bits per heavy atom. The van der Waals surface area contributed by atoms with Gasteiger partial charge in [-0.15, -0.1) is 10.2 Å². The molecule has 0 radical (unpaired) electrons. The predicted octanol–water partition coefficient (Wildman–Crippen LogP) is 5.77. The summed E-state index contributed by atoms with van der Waals surface area (Å²) in [5, 5.41) is 16.7. The van der Waals surface area contributed by atoms with E-state index in [0.717, 1.165) is 63.3 Å². The zero-order valence-electron chi connectivity index (χ0n) is 20.8. The van der Waals surface area contributed by atoms with Crippen molar-refractivity contribution in [2.45, 2.75) is 70.1 Å². The van der Waals surface area contributed by atoms with Gasteiger partial charge in [0.25, 0.3) is 0 Å². The Kier molecular flexibility index (Phi) is 6.20. The summed E-state index contributed by atoms with van der Waals surface area (Å²) in [5.74, 6) is 2.15. The number of aryl methyl sites for hydroxylation is 1. The number of aromatic nitrogens is 5. The summed E-state index contributed by atoms with van der Waals surface area (Å²) in [7, 11) is 0. The Labute approximate surface area is 219 Å². The molecule has 4 aliphatic rings. The van der Waals surface area contributed by atoms with E-state index in [1.807, 2.05) is 17.7 Å². The topological polar surface area (TPSA) is 71.8 Å². The van der Waals surface area contributed by atoms with Crippen LogP contribution in [0.25, 0.3) is 0 Å². The largest absolute Gasteiger partial charge is 0.416 e. The molecule has 0 spiro atoms. The van der Waals surface area contributed by atoms with Crippen molar-refractivity contribution in [2.75, 3.05) is 23.3 Å². The molecule has 4 heterocycles. The van der Waals surface area contributed by atoms with Gasteiger partial charge in [-0.25, -0.2) is 4.68 Å². The van der Waals surface area contributed by atoms with Crippen LogP contribution in [0.5, 0.6) is 0 Å². The summed E-state index contributed by atoms with van der Waals surface area (Å²) in [6.07, 6.45) is 7.18. The first-order chi connectivity index (χ1) is 17.7. The first kappa shape index (κ1) is 24.7. The molecular weight excluding hydrogens is 503 g/mol. The molecule has 2 bridgehead atoms. The van der Waals surface area contributed by atoms with Gasteiger partial charge in [-0.1, -0.05) is 43.2 Å². The summed E-state index contributed by atoms with van der Waals surface area (Å²) in [6, 6.07) is 2.12. The van der Waals surface area contributed by atoms with Crippen LogP contribution in [0.1, 0.15) is 57.2 Å². The highest BCUT2D eigenvalue weighted by atomic mass is 35.5. The molecule has 0 aromatic carbocycles. The Hall–Kier alpha value is -2.62. The standard InChI is InChI=1S/C26H31ClF3N7/c1-25(9-4-5-18(12-25)26(28,29)30)20-6-2-3-10-37-23(20)33-24(35-37)32-22-16-7-8-17(22)15-36(14-16)19-11-21(27)34-31-13-19/h4-5,11-13,16-17,20,22H,2-3,6-10,14-15H2,1H3,(H,32,35)/t16-,17+,20-,22-,25?/m0/s1. The minimum atomic E-state index is -4.35. The molecule has 1 unspecified atom stereocenters. The van der Waals surface area contributed by atoms with E-state index in [9.17, 15) is 13.2 Å². The minimum absolute atomic E-state index is 0.122. The second kappa shape index (κ2) is 9.29. The van der Waals surface area contributed by atoms with E-state index in [-0.39, 0.29) is 12.0 Å². The lowest BCUT2D eigenvalue weighted by Crippen LogP contribution is -2.48. The van der Waals surface area contributed by atoms with Crippen LogP contribution in [-0.2, 0) is 6.54 Å². The van der Waals surface area contributed by atoms with Crippen molar-refractivity contribution in [3.63, 3.8) is 0 Å². The van der Waals surface area contributed by atoms with E-state index in [4.69, 9.17) is 21.7 Å². The van der Waals surface area contributed by atoms with Gasteiger partial charge in [0.15, 0.2) is 5.15 Å². The molecule has 37 heavy (non-hydrogen) atoms. The maximum absolute atomic E-state index is 13.5. The predicted molar refractivity (Wildman–Crippen MR) is 135 cm³/mol. The van der Waals surface area contributed by atoms with Gasteiger partial charge in [-0.3, -0.25) is 0 Å². The Morgan fingerprint density at radius 2 is 1.92 bits per heavy atom. The highest BCUT2D eigenvalue weighted by molar-refractivity contribution is 6.29. The molecule has 2 aliphatic carbocycles. The number of halogens is 4. The Balaban J connectivity index is 1.22. The zero-order chi connectivity index (χ0) is 25.8. The number of rotatable bonds is 4. The lowest BCUT2D eigenvalue weighted by Gasteiger charge is -2.39. The van der Waals surface area contributed by atoms with Gasteiger partial charge < -0.3 is 10.2 Å². The molecule has 2 aromatic rings. The van der Waals surface area contributed by atoms with Crippen LogP contribution < -0.4 is 10.2 Å². The van der Waals surface area contributed by atoms with Gasteiger partial charge in [0, 0.05) is 37.7 Å². The monoisotopic (exact) mass is 533 g/mol. The van der Waals surface area contributed by atoms with Crippen LogP contribution in [0.4, 0.5) is 24.8 Å². The van der Waals surface area contributed by atoms with Crippen molar-refractivity contribution in [1.82, 2.24) is 25.0 Å². The molecule has 6 rings (SSSR count). The maximum Gasteiger partial charge on any atom is 0.416 e. The summed E-state index contributed by atoms with van der Waals surface area (Å²) in [4.78, 5) is 7.26. The van der Waals surface area contributed by atoms with E-state index in [1.165, 1.54) is 12.2 Å². The number of anilines is 2. The van der Waals surface area contributed by atoms with Crippen molar-refractivity contribution >= 4 is 23.2 Å². The Morgan fingerprint density at radius 3 is 2.65 bits per heavy atom. The number of allylic oxidation sites excluding steroid dienone is 4. The normalized spacial score (nSPS) is 31.6. The van der Waals surface area contributed by atoms with E-state index >= 15 is 0 Å². The third kappa shape index (κ3) is 4.73. The van der Waals surface area contributed by atoms with Crippen molar-refractivity contribution in [2.24, 2.45) is 17.3 Å². The first-order valence-electron chi connectivity index (χ1n) is 13.1. The zero-order valence-corrected chi connectivity index (χ0v) is 21.5. The van der Waals surface area contributed by atoms with Gasteiger partial charge in [0.05, 0.1) is 17.5 Å². The fourth-order valence-corrected chi connectivity index (χ4v) is 7.00. The number of hydrogen-bond donors (Lipinski definition) is 1. The number of alkyl halides is 3.